The molecule has 0 saturated carbocycles. The summed E-state index contributed by atoms with van der Waals surface area (Å²) >= 11 is 0. The molecule has 3 nitrogen and oxygen atoms in total. The molecule has 0 aliphatic carbocycles. The van der Waals surface area contributed by atoms with Crippen LogP contribution < -0.4 is 0 Å². The summed E-state index contributed by atoms with van der Waals surface area (Å²) in [6.07, 6.45) is 0. The first-order chi connectivity index (χ1) is 4.73. The molecule has 0 aliphatic rings. The summed E-state index contributed by atoms with van der Waals surface area (Å²) in [4.78, 5) is 0. The molecule has 0 atom stereocenters. The maximum Gasteiger partial charge on any atom is 0.0319 e. The van der Waals surface area contributed by atoms with Gasteiger partial charge in [-0.3, -0.25) is 0 Å². The zero-order valence-electron chi connectivity index (χ0n) is 8.84. The Morgan fingerprint density at radius 1 is 0.583 bits per heavy atom. The predicted molar refractivity (Wildman–Crippen MR) is 44.7 cm³/mol. The third-order valence-corrected chi connectivity index (χ3v) is 0. The SMILES string of the molecule is CO.CO.CO.C[C-](C)C.[Zr].[Zr]. The minimum absolute atomic E-state index is 0. The van der Waals surface area contributed by atoms with Gasteiger partial charge in [0.2, 0.25) is 0 Å². The van der Waals surface area contributed by atoms with Crippen LogP contribution in [0, 0.1) is 5.92 Å². The molecule has 0 unspecified atom stereocenters. The van der Waals surface area contributed by atoms with Crippen LogP contribution in [0.15, 0.2) is 0 Å². The van der Waals surface area contributed by atoms with Gasteiger partial charge >= 0.3 is 0 Å². The first kappa shape index (κ1) is 37.3. The van der Waals surface area contributed by atoms with Gasteiger partial charge in [-0.2, -0.15) is 20.8 Å². The summed E-state index contributed by atoms with van der Waals surface area (Å²) in [7, 11) is 3.00. The van der Waals surface area contributed by atoms with Crippen molar-refractivity contribution >= 4 is 0 Å². The van der Waals surface area contributed by atoms with Crippen molar-refractivity contribution in [2.45, 2.75) is 20.8 Å². The van der Waals surface area contributed by atoms with E-state index in [1.807, 2.05) is 0 Å². The summed E-state index contributed by atoms with van der Waals surface area (Å²) in [5.74, 6) is 1.42. The fraction of sp³-hybridized carbons (Fsp3) is 0.857. The second-order valence-electron chi connectivity index (χ2n) is 1.50. The van der Waals surface area contributed by atoms with Gasteiger partial charge in [-0.1, -0.05) is 0 Å². The first-order valence-electron chi connectivity index (χ1n) is 2.84. The topological polar surface area (TPSA) is 60.7 Å². The van der Waals surface area contributed by atoms with E-state index in [4.69, 9.17) is 15.3 Å². The Bertz CT molecular complexity index is 21.4. The monoisotopic (exact) mass is 333 g/mol. The van der Waals surface area contributed by atoms with Crippen molar-refractivity contribution in [1.82, 2.24) is 0 Å². The van der Waals surface area contributed by atoms with Crippen LogP contribution in [0.3, 0.4) is 0 Å². The zero-order valence-corrected chi connectivity index (χ0v) is 13.8. The smallest absolute Gasteiger partial charge is 0.0319 e. The molecule has 0 bridgehead atoms. The summed E-state index contributed by atoms with van der Waals surface area (Å²) in [6, 6.07) is 0. The molecule has 3 N–H and O–H groups in total. The third kappa shape index (κ3) is 487. The molecule has 0 heterocycles. The van der Waals surface area contributed by atoms with Crippen molar-refractivity contribution in [1.29, 1.82) is 0 Å². The van der Waals surface area contributed by atoms with E-state index in [1.165, 1.54) is 5.92 Å². The fourth-order valence-corrected chi connectivity index (χ4v) is 0. The number of rotatable bonds is 0. The fourth-order valence-electron chi connectivity index (χ4n) is 0. The molecular weight excluding hydrogens is 315 g/mol. The molecule has 0 aromatic carbocycles. The van der Waals surface area contributed by atoms with Gasteiger partial charge in [0.1, 0.15) is 0 Å². The van der Waals surface area contributed by atoms with Gasteiger partial charge in [0, 0.05) is 73.7 Å². The number of hydrogen-bond acceptors (Lipinski definition) is 3. The Morgan fingerprint density at radius 2 is 0.583 bits per heavy atom. The predicted octanol–water partition coefficient (Wildman–Crippen LogP) is 0.441. The molecule has 12 heavy (non-hydrogen) atoms. The summed E-state index contributed by atoms with van der Waals surface area (Å²) in [5, 5.41) is 21.0. The molecule has 0 aromatic rings. The Kier molecular flexibility index (Phi) is 247. The van der Waals surface area contributed by atoms with E-state index in [9.17, 15) is 0 Å². The van der Waals surface area contributed by atoms with Crippen molar-refractivity contribution in [3.8, 4) is 0 Å². The Hall–Kier alpha value is 1.65. The number of aliphatic hydroxyl groups excluding tert-OH is 3. The van der Waals surface area contributed by atoms with E-state index in [-0.39, 0.29) is 52.4 Å². The molecule has 0 aromatic heterocycles. The molecule has 5 heteroatoms. The van der Waals surface area contributed by atoms with E-state index in [1.54, 1.807) is 0 Å². The standard InChI is InChI=1S/C4H9.3CH4O.2Zr/c1-4(2)3;3*1-2;;/h1-3H3;3*2H,1H3;;/q-1;;;;;. The average molecular weight is 336 g/mol. The van der Waals surface area contributed by atoms with Crippen LogP contribution in [0.25, 0.3) is 0 Å². The van der Waals surface area contributed by atoms with Gasteiger partial charge < -0.3 is 21.2 Å². The average Bonchev–Trinajstić information content (AvgIpc) is 1.98. The van der Waals surface area contributed by atoms with Crippen LogP contribution >= 0.6 is 0 Å². The normalized spacial score (nSPS) is 4.50. The Labute approximate surface area is 115 Å². The molecule has 0 rings (SSSR count). The Balaban J connectivity index is -0.0000000101. The van der Waals surface area contributed by atoms with Crippen LogP contribution in [0.2, 0.25) is 0 Å². The van der Waals surface area contributed by atoms with Crippen LogP contribution in [0.4, 0.5) is 0 Å². The van der Waals surface area contributed by atoms with Gasteiger partial charge in [0.15, 0.2) is 0 Å². The van der Waals surface area contributed by atoms with Gasteiger partial charge in [-0.05, 0) is 0 Å². The van der Waals surface area contributed by atoms with Gasteiger partial charge in [0.25, 0.3) is 0 Å². The van der Waals surface area contributed by atoms with Gasteiger partial charge in [-0.25, -0.2) is 0 Å². The summed E-state index contributed by atoms with van der Waals surface area (Å²) < 4.78 is 0. The van der Waals surface area contributed by atoms with Crippen molar-refractivity contribution in [2.24, 2.45) is 0 Å². The maximum absolute atomic E-state index is 7.00. The van der Waals surface area contributed by atoms with E-state index < -0.39 is 0 Å². The van der Waals surface area contributed by atoms with E-state index in [0.717, 1.165) is 21.3 Å². The summed E-state index contributed by atoms with van der Waals surface area (Å²) in [5.41, 5.74) is 0. The molecule has 0 amide bonds. The molecule has 76 valence electrons. The maximum atomic E-state index is 7.00. The second kappa shape index (κ2) is 79.5. The Morgan fingerprint density at radius 3 is 0.583 bits per heavy atom. The largest absolute Gasteiger partial charge is 0.400 e. The second-order valence-corrected chi connectivity index (χ2v) is 1.50. The van der Waals surface area contributed by atoms with Crippen molar-refractivity contribution in [3.63, 3.8) is 0 Å². The van der Waals surface area contributed by atoms with Crippen molar-refractivity contribution in [3.05, 3.63) is 5.92 Å². The van der Waals surface area contributed by atoms with Crippen LogP contribution in [0.1, 0.15) is 20.8 Å². The molecular formula is C7H21O3Zr2-. The molecule has 0 fully saturated rings. The molecule has 0 radical (unpaired) electrons. The van der Waals surface area contributed by atoms with Crippen molar-refractivity contribution < 1.29 is 67.7 Å². The zero-order chi connectivity index (χ0) is 9.58. The molecule has 0 spiro atoms. The number of aliphatic hydroxyl groups is 3. The minimum atomic E-state index is 0. The molecule has 0 aliphatic heterocycles. The van der Waals surface area contributed by atoms with Crippen molar-refractivity contribution in [2.75, 3.05) is 21.3 Å². The van der Waals surface area contributed by atoms with E-state index in [2.05, 4.69) is 20.8 Å². The third-order valence-electron chi connectivity index (χ3n) is 0. The van der Waals surface area contributed by atoms with E-state index in [0.29, 0.717) is 0 Å². The minimum Gasteiger partial charge on any atom is -0.400 e. The van der Waals surface area contributed by atoms with Gasteiger partial charge in [-0.15, -0.1) is 0 Å². The summed E-state index contributed by atoms with van der Waals surface area (Å²) in [6.45, 7) is 6.25. The van der Waals surface area contributed by atoms with Crippen LogP contribution in [0.5, 0.6) is 0 Å². The molecule has 0 saturated heterocycles. The first-order valence-corrected chi connectivity index (χ1v) is 2.84. The van der Waals surface area contributed by atoms with E-state index >= 15 is 0 Å². The van der Waals surface area contributed by atoms with Gasteiger partial charge in [0.05, 0.1) is 0 Å². The number of hydrogen-bond donors (Lipinski definition) is 3. The quantitative estimate of drug-likeness (QED) is 0.563. The van der Waals surface area contributed by atoms with Crippen LogP contribution in [-0.2, 0) is 52.4 Å². The van der Waals surface area contributed by atoms with Crippen LogP contribution in [-0.4, -0.2) is 36.6 Å².